The van der Waals surface area contributed by atoms with Crippen LogP contribution in [0.15, 0.2) is 24.3 Å². The predicted octanol–water partition coefficient (Wildman–Crippen LogP) is 3.66. The summed E-state index contributed by atoms with van der Waals surface area (Å²) in [6.45, 7) is 6.34. The molecule has 1 saturated heterocycles. The van der Waals surface area contributed by atoms with E-state index in [1.54, 1.807) is 13.8 Å². The summed E-state index contributed by atoms with van der Waals surface area (Å²) < 4.78 is 28.6. The van der Waals surface area contributed by atoms with Crippen LogP contribution in [0, 0.1) is 6.92 Å². The number of aryl methyl sites for hydroxylation is 1. The van der Waals surface area contributed by atoms with Crippen molar-refractivity contribution < 1.29 is 18.3 Å². The van der Waals surface area contributed by atoms with Gasteiger partial charge in [-0.3, -0.25) is 4.57 Å². The molecule has 1 aliphatic heterocycles. The molecule has 0 unspecified atom stereocenters. The van der Waals surface area contributed by atoms with Gasteiger partial charge < -0.3 is 13.8 Å². The molecule has 18 heavy (non-hydrogen) atoms. The highest BCUT2D eigenvalue weighted by atomic mass is 31.2. The standard InChI is InChI=1S/C13H19O4P/c1-4-15-18(14,16-5-2)13-12(17-13)11-8-6-7-10(3)9-11/h6-9,12-13H,4-5H2,1-3H3/t12-,13-/m0/s1. The fraction of sp³-hybridized carbons (Fsp3) is 0.538. The van der Waals surface area contributed by atoms with Crippen molar-refractivity contribution in [1.29, 1.82) is 0 Å². The van der Waals surface area contributed by atoms with Crippen molar-refractivity contribution in [1.82, 2.24) is 0 Å². The molecule has 2 rings (SSSR count). The lowest BCUT2D eigenvalue weighted by atomic mass is 10.1. The Labute approximate surface area is 108 Å². The highest BCUT2D eigenvalue weighted by Crippen LogP contribution is 2.66. The van der Waals surface area contributed by atoms with Crippen LogP contribution in [0.2, 0.25) is 0 Å². The number of hydrogen-bond donors (Lipinski definition) is 0. The smallest absolute Gasteiger partial charge is 0.351 e. The first kappa shape index (κ1) is 13.8. The van der Waals surface area contributed by atoms with Crippen molar-refractivity contribution in [3.05, 3.63) is 35.4 Å². The molecule has 0 amide bonds. The molecular formula is C13H19O4P. The monoisotopic (exact) mass is 270 g/mol. The van der Waals surface area contributed by atoms with Gasteiger partial charge in [0.05, 0.1) is 13.2 Å². The number of hydrogen-bond acceptors (Lipinski definition) is 4. The van der Waals surface area contributed by atoms with Gasteiger partial charge in [-0.05, 0) is 26.3 Å². The van der Waals surface area contributed by atoms with Crippen molar-refractivity contribution in [2.45, 2.75) is 32.7 Å². The molecule has 0 spiro atoms. The van der Waals surface area contributed by atoms with Gasteiger partial charge in [0, 0.05) is 0 Å². The topological polar surface area (TPSA) is 48.1 Å². The van der Waals surface area contributed by atoms with E-state index in [9.17, 15) is 4.57 Å². The molecule has 100 valence electrons. The maximum absolute atomic E-state index is 12.5. The van der Waals surface area contributed by atoms with Crippen LogP contribution in [0.25, 0.3) is 0 Å². The molecule has 0 bridgehead atoms. The summed E-state index contributed by atoms with van der Waals surface area (Å²) in [7, 11) is -3.14. The molecule has 4 nitrogen and oxygen atoms in total. The summed E-state index contributed by atoms with van der Waals surface area (Å²) in [4.78, 5) is 0. The number of epoxide rings is 1. The Balaban J connectivity index is 2.11. The Morgan fingerprint density at radius 1 is 1.28 bits per heavy atom. The molecule has 0 radical (unpaired) electrons. The average molecular weight is 270 g/mol. The minimum Gasteiger partial charge on any atom is -0.351 e. The van der Waals surface area contributed by atoms with E-state index in [0.717, 1.165) is 11.1 Å². The number of rotatable bonds is 6. The quantitative estimate of drug-likeness (QED) is 0.584. The second kappa shape index (κ2) is 5.54. The van der Waals surface area contributed by atoms with Crippen LogP contribution in [0.1, 0.15) is 31.1 Å². The SMILES string of the molecule is CCOP(=O)(OCC)[C@@H]1O[C@H]1c1cccc(C)c1. The Bertz CT molecular complexity index is 450. The lowest BCUT2D eigenvalue weighted by Gasteiger charge is -2.14. The Hall–Kier alpha value is -0.670. The Kier molecular flexibility index (Phi) is 4.23. The Morgan fingerprint density at radius 2 is 1.94 bits per heavy atom. The van der Waals surface area contributed by atoms with E-state index < -0.39 is 13.4 Å². The summed E-state index contributed by atoms with van der Waals surface area (Å²) in [5.41, 5.74) is 2.18. The summed E-state index contributed by atoms with van der Waals surface area (Å²) >= 11 is 0. The van der Waals surface area contributed by atoms with Gasteiger partial charge in [0.1, 0.15) is 6.10 Å². The second-order valence-corrected chi connectivity index (χ2v) is 6.34. The molecule has 0 N–H and O–H groups in total. The molecule has 1 fully saturated rings. The minimum absolute atomic E-state index is 0.172. The highest BCUT2D eigenvalue weighted by molar-refractivity contribution is 7.54. The van der Waals surface area contributed by atoms with Gasteiger partial charge in [0.15, 0.2) is 5.85 Å². The van der Waals surface area contributed by atoms with Crippen molar-refractivity contribution in [3.8, 4) is 0 Å². The largest absolute Gasteiger partial charge is 0.362 e. The van der Waals surface area contributed by atoms with Gasteiger partial charge in [-0.15, -0.1) is 0 Å². The maximum atomic E-state index is 12.5. The maximum Gasteiger partial charge on any atom is 0.362 e. The normalized spacial score (nSPS) is 23.1. The minimum atomic E-state index is -3.14. The third-order valence-electron chi connectivity index (χ3n) is 2.77. The van der Waals surface area contributed by atoms with Crippen LogP contribution in [0.5, 0.6) is 0 Å². The van der Waals surface area contributed by atoms with E-state index in [4.69, 9.17) is 13.8 Å². The van der Waals surface area contributed by atoms with E-state index in [-0.39, 0.29) is 6.10 Å². The molecule has 1 aromatic rings. The number of ether oxygens (including phenoxy) is 1. The molecule has 1 aliphatic rings. The molecule has 1 heterocycles. The summed E-state index contributed by atoms with van der Waals surface area (Å²) in [5.74, 6) is -0.459. The highest BCUT2D eigenvalue weighted by Gasteiger charge is 2.55. The summed E-state index contributed by atoms with van der Waals surface area (Å²) in [6.07, 6.45) is -0.172. The van der Waals surface area contributed by atoms with E-state index in [1.807, 2.05) is 31.2 Å². The zero-order valence-electron chi connectivity index (χ0n) is 11.0. The molecule has 0 aliphatic carbocycles. The lowest BCUT2D eigenvalue weighted by Crippen LogP contribution is -2.02. The summed E-state index contributed by atoms with van der Waals surface area (Å²) in [5, 5.41) is 0. The van der Waals surface area contributed by atoms with Gasteiger partial charge in [-0.1, -0.05) is 29.8 Å². The van der Waals surface area contributed by atoms with Gasteiger partial charge in [0.25, 0.3) is 0 Å². The van der Waals surface area contributed by atoms with Crippen molar-refractivity contribution in [2.75, 3.05) is 13.2 Å². The zero-order valence-corrected chi connectivity index (χ0v) is 11.9. The molecule has 0 aromatic heterocycles. The van der Waals surface area contributed by atoms with E-state index in [0.29, 0.717) is 13.2 Å². The summed E-state index contributed by atoms with van der Waals surface area (Å²) in [6, 6.07) is 7.99. The third kappa shape index (κ3) is 2.83. The van der Waals surface area contributed by atoms with Gasteiger partial charge >= 0.3 is 7.60 Å². The van der Waals surface area contributed by atoms with Crippen LogP contribution in [0.3, 0.4) is 0 Å². The predicted molar refractivity (Wildman–Crippen MR) is 69.7 cm³/mol. The number of benzene rings is 1. The molecule has 1 aromatic carbocycles. The van der Waals surface area contributed by atoms with Gasteiger partial charge in [-0.25, -0.2) is 0 Å². The first-order chi connectivity index (χ1) is 8.60. The fourth-order valence-corrected chi connectivity index (χ4v) is 3.85. The third-order valence-corrected chi connectivity index (χ3v) is 5.02. The molecule has 0 saturated carbocycles. The first-order valence-corrected chi connectivity index (χ1v) is 7.82. The van der Waals surface area contributed by atoms with Gasteiger partial charge in [0.2, 0.25) is 0 Å². The van der Waals surface area contributed by atoms with Crippen LogP contribution in [-0.2, 0) is 18.3 Å². The van der Waals surface area contributed by atoms with E-state index in [2.05, 4.69) is 0 Å². The van der Waals surface area contributed by atoms with Crippen LogP contribution in [0.4, 0.5) is 0 Å². The van der Waals surface area contributed by atoms with Gasteiger partial charge in [-0.2, -0.15) is 0 Å². The Morgan fingerprint density at radius 3 is 2.50 bits per heavy atom. The molecule has 2 atom stereocenters. The second-order valence-electron chi connectivity index (χ2n) is 4.24. The van der Waals surface area contributed by atoms with E-state index >= 15 is 0 Å². The van der Waals surface area contributed by atoms with Crippen LogP contribution in [-0.4, -0.2) is 19.1 Å². The average Bonchev–Trinajstić information content (AvgIpc) is 3.10. The van der Waals surface area contributed by atoms with Crippen molar-refractivity contribution >= 4 is 7.60 Å². The van der Waals surface area contributed by atoms with E-state index in [1.165, 1.54) is 0 Å². The van der Waals surface area contributed by atoms with Crippen molar-refractivity contribution in [2.24, 2.45) is 0 Å². The zero-order chi connectivity index (χ0) is 13.2. The van der Waals surface area contributed by atoms with Crippen LogP contribution >= 0.6 is 7.60 Å². The van der Waals surface area contributed by atoms with Crippen molar-refractivity contribution in [3.63, 3.8) is 0 Å². The molecular weight excluding hydrogens is 251 g/mol. The van der Waals surface area contributed by atoms with Crippen LogP contribution < -0.4 is 0 Å². The fourth-order valence-electron chi connectivity index (χ4n) is 1.98. The first-order valence-electron chi connectivity index (χ1n) is 6.21. The lowest BCUT2D eigenvalue weighted by molar-refractivity contribution is 0.208. The molecule has 5 heteroatoms.